The van der Waals surface area contributed by atoms with Gasteiger partial charge in [-0.1, -0.05) is 0 Å². The van der Waals surface area contributed by atoms with Crippen molar-refractivity contribution in [2.24, 2.45) is 0 Å². The second kappa shape index (κ2) is 6.96. The summed E-state index contributed by atoms with van der Waals surface area (Å²) in [6, 6.07) is 10.2. The molecule has 1 fully saturated rings. The largest absolute Gasteiger partial charge is 0.459 e. The third-order valence-corrected chi connectivity index (χ3v) is 4.36. The van der Waals surface area contributed by atoms with Crippen LogP contribution in [0.5, 0.6) is 0 Å². The molecule has 9 heteroatoms. The van der Waals surface area contributed by atoms with Gasteiger partial charge in [-0.15, -0.1) is 10.2 Å². The van der Waals surface area contributed by atoms with Crippen molar-refractivity contribution < 1.29 is 13.8 Å². The summed E-state index contributed by atoms with van der Waals surface area (Å²) in [5.41, 5.74) is 1.10. The lowest BCUT2D eigenvalue weighted by Crippen LogP contribution is -2.46. The highest BCUT2D eigenvalue weighted by Crippen LogP contribution is 2.22. The van der Waals surface area contributed by atoms with Crippen LogP contribution in [0.4, 0.5) is 11.4 Å². The smallest absolute Gasteiger partial charge is 0.283 e. The van der Waals surface area contributed by atoms with Gasteiger partial charge in [-0.05, 0) is 24.3 Å². The topological polar surface area (TPSA) is 102 Å². The highest BCUT2D eigenvalue weighted by atomic mass is 16.6. The summed E-state index contributed by atoms with van der Waals surface area (Å²) in [5, 5.41) is 18.8. The minimum absolute atomic E-state index is 0.108. The lowest BCUT2D eigenvalue weighted by molar-refractivity contribution is -0.384. The first-order chi connectivity index (χ1) is 12.7. The fourth-order valence-corrected chi connectivity index (χ4v) is 2.96. The Morgan fingerprint density at radius 3 is 2.50 bits per heavy atom. The molecule has 0 spiro atoms. The SMILES string of the molecule is O=[N+]([O-])c1ccc(N2CCN(Cc3nnc(-c4ccco4)o3)CC2)cc1. The van der Waals surface area contributed by atoms with Crippen LogP contribution in [0.2, 0.25) is 0 Å². The van der Waals surface area contributed by atoms with Crippen molar-refractivity contribution in [2.75, 3.05) is 31.1 Å². The monoisotopic (exact) mass is 355 g/mol. The Labute approximate surface area is 149 Å². The van der Waals surface area contributed by atoms with Crippen molar-refractivity contribution in [2.45, 2.75) is 6.54 Å². The van der Waals surface area contributed by atoms with Crippen molar-refractivity contribution >= 4 is 11.4 Å². The van der Waals surface area contributed by atoms with E-state index in [1.165, 1.54) is 12.1 Å². The molecule has 3 aromatic rings. The zero-order valence-electron chi connectivity index (χ0n) is 13.9. The number of nitrogens with zero attached hydrogens (tertiary/aromatic N) is 5. The average Bonchev–Trinajstić information content (AvgIpc) is 3.34. The van der Waals surface area contributed by atoms with Crippen molar-refractivity contribution in [3.8, 4) is 11.7 Å². The molecule has 1 aliphatic rings. The van der Waals surface area contributed by atoms with Gasteiger partial charge in [0.25, 0.3) is 11.6 Å². The third kappa shape index (κ3) is 3.42. The van der Waals surface area contributed by atoms with Crippen molar-refractivity contribution in [3.05, 3.63) is 58.7 Å². The number of aromatic nitrogens is 2. The lowest BCUT2D eigenvalue weighted by atomic mass is 10.2. The Hall–Kier alpha value is -3.20. The lowest BCUT2D eigenvalue weighted by Gasteiger charge is -2.35. The highest BCUT2D eigenvalue weighted by molar-refractivity contribution is 5.51. The summed E-state index contributed by atoms with van der Waals surface area (Å²) < 4.78 is 10.9. The fraction of sp³-hybridized carbons (Fsp3) is 0.294. The van der Waals surface area contributed by atoms with Crippen LogP contribution in [-0.2, 0) is 6.54 Å². The number of benzene rings is 1. The predicted octanol–water partition coefficient (Wildman–Crippen LogP) is 2.56. The maximum absolute atomic E-state index is 10.7. The summed E-state index contributed by atoms with van der Waals surface area (Å²) in [7, 11) is 0. The van der Waals surface area contributed by atoms with Gasteiger partial charge in [0.15, 0.2) is 5.76 Å². The number of hydrogen-bond donors (Lipinski definition) is 0. The van der Waals surface area contributed by atoms with Gasteiger partial charge in [-0.25, -0.2) is 0 Å². The Morgan fingerprint density at radius 1 is 1.08 bits per heavy atom. The zero-order chi connectivity index (χ0) is 17.9. The van der Waals surface area contributed by atoms with Gasteiger partial charge < -0.3 is 13.7 Å². The van der Waals surface area contributed by atoms with Crippen molar-refractivity contribution in [1.82, 2.24) is 15.1 Å². The van der Waals surface area contributed by atoms with E-state index in [1.807, 2.05) is 0 Å². The van der Waals surface area contributed by atoms with Crippen molar-refractivity contribution in [3.63, 3.8) is 0 Å². The van der Waals surface area contributed by atoms with E-state index >= 15 is 0 Å². The van der Waals surface area contributed by atoms with E-state index in [4.69, 9.17) is 8.83 Å². The first-order valence-corrected chi connectivity index (χ1v) is 8.27. The molecule has 1 saturated heterocycles. The molecule has 134 valence electrons. The Morgan fingerprint density at radius 2 is 1.85 bits per heavy atom. The molecule has 0 amide bonds. The first kappa shape index (κ1) is 16.3. The quantitative estimate of drug-likeness (QED) is 0.508. The highest BCUT2D eigenvalue weighted by Gasteiger charge is 2.20. The molecular weight excluding hydrogens is 338 g/mol. The van der Waals surface area contributed by atoms with Crippen LogP contribution in [0.25, 0.3) is 11.7 Å². The molecule has 0 aliphatic carbocycles. The maximum Gasteiger partial charge on any atom is 0.283 e. The van der Waals surface area contributed by atoms with Crippen LogP contribution in [-0.4, -0.2) is 46.2 Å². The van der Waals surface area contributed by atoms with Gasteiger partial charge in [0.05, 0.1) is 17.7 Å². The second-order valence-corrected chi connectivity index (χ2v) is 6.01. The molecule has 0 unspecified atom stereocenters. The molecule has 1 aromatic carbocycles. The molecule has 2 aromatic heterocycles. The van der Waals surface area contributed by atoms with Crippen molar-refractivity contribution in [1.29, 1.82) is 0 Å². The number of anilines is 1. The van der Waals surface area contributed by atoms with E-state index in [2.05, 4.69) is 20.0 Å². The minimum Gasteiger partial charge on any atom is -0.459 e. The van der Waals surface area contributed by atoms with Crippen LogP contribution < -0.4 is 4.90 Å². The molecule has 1 aliphatic heterocycles. The van der Waals surface area contributed by atoms with E-state index in [-0.39, 0.29) is 10.6 Å². The average molecular weight is 355 g/mol. The zero-order valence-corrected chi connectivity index (χ0v) is 13.9. The number of piperazine rings is 1. The maximum atomic E-state index is 10.7. The number of nitro benzene ring substituents is 1. The molecule has 0 N–H and O–H groups in total. The molecule has 0 bridgehead atoms. The number of nitro groups is 1. The first-order valence-electron chi connectivity index (χ1n) is 8.27. The standard InChI is InChI=1S/C17H17N5O4/c23-22(24)14-5-3-13(4-6-14)21-9-7-20(8-10-21)12-16-18-19-17(26-16)15-2-1-11-25-15/h1-6,11H,7-10,12H2. The molecule has 4 rings (SSSR count). The normalized spacial score (nSPS) is 15.3. The Kier molecular flexibility index (Phi) is 4.36. The molecule has 9 nitrogen and oxygen atoms in total. The minimum atomic E-state index is -0.386. The van der Waals surface area contributed by atoms with E-state index in [0.29, 0.717) is 24.1 Å². The number of furan rings is 1. The van der Waals surface area contributed by atoms with Gasteiger partial charge >= 0.3 is 0 Å². The molecule has 0 radical (unpaired) electrons. The number of hydrogen-bond acceptors (Lipinski definition) is 8. The summed E-state index contributed by atoms with van der Waals surface area (Å²) >= 11 is 0. The van der Waals surface area contributed by atoms with Crippen LogP contribution >= 0.6 is 0 Å². The molecular formula is C17H17N5O4. The van der Waals surface area contributed by atoms with Gasteiger partial charge in [-0.2, -0.15) is 0 Å². The Bertz CT molecular complexity index is 867. The number of non-ortho nitro benzene ring substituents is 1. The van der Waals surface area contributed by atoms with Crippen LogP contribution in [0.3, 0.4) is 0 Å². The van der Waals surface area contributed by atoms with Gasteiger partial charge in [0, 0.05) is 44.0 Å². The summed E-state index contributed by atoms with van der Waals surface area (Å²) in [4.78, 5) is 14.8. The molecule has 26 heavy (non-hydrogen) atoms. The van der Waals surface area contributed by atoms with Crippen LogP contribution in [0.1, 0.15) is 5.89 Å². The van der Waals surface area contributed by atoms with E-state index in [9.17, 15) is 10.1 Å². The third-order valence-electron chi connectivity index (χ3n) is 4.36. The van der Waals surface area contributed by atoms with Gasteiger partial charge in [0.1, 0.15) is 0 Å². The summed E-state index contributed by atoms with van der Waals surface area (Å²) in [6.07, 6.45) is 1.57. The van der Waals surface area contributed by atoms with E-state index in [0.717, 1.165) is 31.9 Å². The van der Waals surface area contributed by atoms with E-state index in [1.54, 1.807) is 30.5 Å². The summed E-state index contributed by atoms with van der Waals surface area (Å²) in [6.45, 7) is 3.93. The van der Waals surface area contributed by atoms with Crippen LogP contribution in [0, 0.1) is 10.1 Å². The Balaban J connectivity index is 1.33. The van der Waals surface area contributed by atoms with E-state index < -0.39 is 0 Å². The molecule has 0 atom stereocenters. The summed E-state index contributed by atoms with van der Waals surface area (Å²) in [5.74, 6) is 1.50. The predicted molar refractivity (Wildman–Crippen MR) is 92.6 cm³/mol. The van der Waals surface area contributed by atoms with Gasteiger partial charge in [-0.3, -0.25) is 15.0 Å². The second-order valence-electron chi connectivity index (χ2n) is 6.01. The number of rotatable bonds is 5. The molecule has 3 heterocycles. The molecule has 0 saturated carbocycles. The van der Waals surface area contributed by atoms with Gasteiger partial charge in [0.2, 0.25) is 5.89 Å². The fourth-order valence-electron chi connectivity index (χ4n) is 2.96. The van der Waals surface area contributed by atoms with Crippen LogP contribution in [0.15, 0.2) is 51.5 Å².